The SMILES string of the molecule is COC(=O)CC1(n2c(OCCc3ccccc3OC)nc3sc(Br)c(C)c3c2=O)CC1. The van der Waals surface area contributed by atoms with Gasteiger partial charge >= 0.3 is 12.0 Å². The van der Waals surface area contributed by atoms with Gasteiger partial charge in [0.05, 0.1) is 42.0 Å². The summed E-state index contributed by atoms with van der Waals surface area (Å²) in [6, 6.07) is 7.97. The van der Waals surface area contributed by atoms with Gasteiger partial charge in [-0.25, -0.2) is 0 Å². The van der Waals surface area contributed by atoms with Crippen molar-refractivity contribution in [3.05, 3.63) is 49.5 Å². The average molecular weight is 507 g/mol. The summed E-state index contributed by atoms with van der Waals surface area (Å²) in [6.07, 6.45) is 2.10. The lowest BCUT2D eigenvalue weighted by molar-refractivity contribution is -0.141. The first-order chi connectivity index (χ1) is 14.9. The van der Waals surface area contributed by atoms with Crippen LogP contribution in [0.2, 0.25) is 0 Å². The summed E-state index contributed by atoms with van der Waals surface area (Å²) in [7, 11) is 2.99. The van der Waals surface area contributed by atoms with Crippen LogP contribution in [0, 0.1) is 6.92 Å². The molecule has 0 N–H and O–H groups in total. The van der Waals surface area contributed by atoms with Crippen LogP contribution < -0.4 is 15.0 Å². The van der Waals surface area contributed by atoms with Gasteiger partial charge in [0.1, 0.15) is 10.6 Å². The lowest BCUT2D eigenvalue weighted by Crippen LogP contribution is -2.34. The second kappa shape index (κ2) is 8.63. The fraction of sp³-hybridized carbons (Fsp3) is 0.409. The van der Waals surface area contributed by atoms with Crippen LogP contribution in [0.3, 0.4) is 0 Å². The van der Waals surface area contributed by atoms with Crippen molar-refractivity contribution in [2.45, 2.75) is 38.1 Å². The Labute approximate surface area is 192 Å². The number of rotatable bonds is 8. The Bertz CT molecular complexity index is 1200. The van der Waals surface area contributed by atoms with Crippen LogP contribution in [-0.4, -0.2) is 36.3 Å². The Hall–Kier alpha value is -2.39. The molecule has 0 atom stereocenters. The van der Waals surface area contributed by atoms with Crippen LogP contribution in [0.15, 0.2) is 32.8 Å². The van der Waals surface area contributed by atoms with Gasteiger partial charge in [-0.2, -0.15) is 4.98 Å². The number of fused-ring (bicyclic) bond motifs is 1. The lowest BCUT2D eigenvalue weighted by atomic mass is 10.1. The molecule has 2 heterocycles. The summed E-state index contributed by atoms with van der Waals surface area (Å²) < 4.78 is 18.8. The summed E-state index contributed by atoms with van der Waals surface area (Å²) in [5, 5.41) is 0.560. The van der Waals surface area contributed by atoms with Gasteiger partial charge in [-0.15, -0.1) is 11.3 Å². The third-order valence-corrected chi connectivity index (χ3v) is 7.73. The molecule has 1 aliphatic carbocycles. The molecule has 0 spiro atoms. The minimum atomic E-state index is -0.647. The zero-order chi connectivity index (χ0) is 22.2. The maximum atomic E-state index is 13.5. The number of nitrogens with zero attached hydrogens (tertiary/aromatic N) is 2. The summed E-state index contributed by atoms with van der Waals surface area (Å²) >= 11 is 4.91. The number of para-hydroxylation sites is 1. The third kappa shape index (κ3) is 4.08. The molecule has 0 bridgehead atoms. The normalized spacial score (nSPS) is 14.5. The first kappa shape index (κ1) is 21.8. The number of methoxy groups -OCH3 is 2. The summed E-state index contributed by atoms with van der Waals surface area (Å²) in [6.45, 7) is 2.20. The zero-order valence-electron chi connectivity index (χ0n) is 17.6. The van der Waals surface area contributed by atoms with Gasteiger partial charge in [0, 0.05) is 6.42 Å². The first-order valence-corrected chi connectivity index (χ1v) is 11.5. The van der Waals surface area contributed by atoms with E-state index < -0.39 is 5.54 Å². The average Bonchev–Trinajstić information content (AvgIpc) is 3.46. The number of hydrogen-bond donors (Lipinski definition) is 0. The van der Waals surface area contributed by atoms with Crippen molar-refractivity contribution >= 4 is 43.5 Å². The number of carbonyl (C=O) groups excluding carboxylic acids is 1. The molecule has 7 nitrogen and oxygen atoms in total. The molecule has 0 aliphatic heterocycles. The highest BCUT2D eigenvalue weighted by atomic mass is 79.9. The highest BCUT2D eigenvalue weighted by Gasteiger charge is 2.49. The fourth-order valence-electron chi connectivity index (χ4n) is 3.78. The number of ether oxygens (including phenoxy) is 3. The lowest BCUT2D eigenvalue weighted by Gasteiger charge is -2.21. The maximum absolute atomic E-state index is 13.5. The topological polar surface area (TPSA) is 79.7 Å². The number of halogens is 1. The summed E-state index contributed by atoms with van der Waals surface area (Å²) in [5.74, 6) is 0.432. The molecule has 3 aromatic rings. The van der Waals surface area contributed by atoms with E-state index in [9.17, 15) is 9.59 Å². The predicted molar refractivity (Wildman–Crippen MR) is 122 cm³/mol. The quantitative estimate of drug-likeness (QED) is 0.425. The van der Waals surface area contributed by atoms with Crippen LogP contribution in [0.4, 0.5) is 0 Å². The zero-order valence-corrected chi connectivity index (χ0v) is 20.0. The van der Waals surface area contributed by atoms with E-state index in [2.05, 4.69) is 20.9 Å². The molecule has 1 aliphatic rings. The third-order valence-electron chi connectivity index (χ3n) is 5.67. The van der Waals surface area contributed by atoms with E-state index in [1.54, 1.807) is 11.7 Å². The standard InChI is InChI=1S/C22H23BrN2O5S/c1-13-17-19(31-18(13)23)24-21(30-11-8-14-6-4-5-7-15(14)28-2)25(20(17)27)22(9-10-22)12-16(26)29-3/h4-7H,8-12H2,1-3H3. The molecule has 31 heavy (non-hydrogen) atoms. The number of thiophene rings is 1. The van der Waals surface area contributed by atoms with Crippen LogP contribution in [0.25, 0.3) is 10.2 Å². The molecule has 4 rings (SSSR count). The van der Waals surface area contributed by atoms with E-state index in [0.717, 1.165) is 20.7 Å². The molecule has 1 fully saturated rings. The number of benzene rings is 1. The van der Waals surface area contributed by atoms with Crippen molar-refractivity contribution < 1.29 is 19.0 Å². The molecule has 0 amide bonds. The molecule has 9 heteroatoms. The van der Waals surface area contributed by atoms with Crippen LogP contribution in [0.1, 0.15) is 30.4 Å². The van der Waals surface area contributed by atoms with E-state index in [4.69, 9.17) is 14.2 Å². The van der Waals surface area contributed by atoms with Crippen molar-refractivity contribution in [1.29, 1.82) is 0 Å². The van der Waals surface area contributed by atoms with Gasteiger partial charge in [0.15, 0.2) is 0 Å². The molecule has 0 saturated heterocycles. The van der Waals surface area contributed by atoms with E-state index in [-0.39, 0.29) is 24.0 Å². The number of aromatic nitrogens is 2. The first-order valence-electron chi connectivity index (χ1n) is 9.94. The Balaban J connectivity index is 1.71. The smallest absolute Gasteiger partial charge is 0.307 e. The highest BCUT2D eigenvalue weighted by molar-refractivity contribution is 9.11. The Morgan fingerprint density at radius 1 is 1.29 bits per heavy atom. The van der Waals surface area contributed by atoms with Crippen molar-refractivity contribution in [3.8, 4) is 11.8 Å². The molecule has 0 radical (unpaired) electrons. The van der Waals surface area contributed by atoms with Gasteiger partial charge in [-0.1, -0.05) is 18.2 Å². The number of hydrogen-bond acceptors (Lipinski definition) is 7. The van der Waals surface area contributed by atoms with Crippen molar-refractivity contribution in [2.75, 3.05) is 20.8 Å². The Kier molecular flexibility index (Phi) is 6.07. The second-order valence-electron chi connectivity index (χ2n) is 7.60. The Morgan fingerprint density at radius 3 is 2.71 bits per heavy atom. The molecule has 2 aromatic heterocycles. The van der Waals surface area contributed by atoms with Gasteiger partial charge in [0.25, 0.3) is 5.56 Å². The van der Waals surface area contributed by atoms with Gasteiger partial charge in [0.2, 0.25) is 0 Å². The largest absolute Gasteiger partial charge is 0.496 e. The Morgan fingerprint density at radius 2 is 2.03 bits per heavy atom. The second-order valence-corrected chi connectivity index (χ2v) is 9.92. The molecule has 1 aromatic carbocycles. The molecular weight excluding hydrogens is 484 g/mol. The van der Waals surface area contributed by atoms with E-state index in [1.165, 1.54) is 18.4 Å². The number of esters is 1. The minimum Gasteiger partial charge on any atom is -0.496 e. The van der Waals surface area contributed by atoms with Crippen LogP contribution >= 0.6 is 27.3 Å². The van der Waals surface area contributed by atoms with Crippen molar-refractivity contribution in [2.24, 2.45) is 0 Å². The molecule has 1 saturated carbocycles. The predicted octanol–water partition coefficient (Wildman–Crippen LogP) is 4.21. The number of carbonyl (C=O) groups is 1. The summed E-state index contributed by atoms with van der Waals surface area (Å²) in [5.41, 5.74) is 1.02. The van der Waals surface area contributed by atoms with Crippen molar-refractivity contribution in [1.82, 2.24) is 9.55 Å². The van der Waals surface area contributed by atoms with Gasteiger partial charge in [-0.05, 0) is 52.9 Å². The summed E-state index contributed by atoms with van der Waals surface area (Å²) in [4.78, 5) is 30.9. The molecule has 0 unspecified atom stereocenters. The molecular formula is C22H23BrN2O5S. The van der Waals surface area contributed by atoms with E-state index in [1.807, 2.05) is 31.2 Å². The van der Waals surface area contributed by atoms with Gasteiger partial charge in [-0.3, -0.25) is 14.2 Å². The monoisotopic (exact) mass is 506 g/mol. The fourth-order valence-corrected chi connectivity index (χ4v) is 5.33. The molecule has 164 valence electrons. The van der Waals surface area contributed by atoms with Crippen molar-refractivity contribution in [3.63, 3.8) is 0 Å². The number of aryl methyl sites for hydroxylation is 1. The van der Waals surface area contributed by atoms with E-state index in [0.29, 0.717) is 36.1 Å². The van der Waals surface area contributed by atoms with E-state index >= 15 is 0 Å². The highest BCUT2D eigenvalue weighted by Crippen LogP contribution is 2.48. The maximum Gasteiger partial charge on any atom is 0.307 e. The minimum absolute atomic E-state index is 0.115. The van der Waals surface area contributed by atoms with Gasteiger partial charge < -0.3 is 14.2 Å². The van der Waals surface area contributed by atoms with Crippen LogP contribution in [0.5, 0.6) is 11.8 Å². The van der Waals surface area contributed by atoms with Crippen LogP contribution in [-0.2, 0) is 21.5 Å².